The molecule has 4 nitrogen and oxygen atoms in total. The van der Waals surface area contributed by atoms with Gasteiger partial charge in [0.05, 0.1) is 5.02 Å². The average molecular weight is 401 g/mol. The molecular formula is C17H19BrClNO3. The van der Waals surface area contributed by atoms with Crippen molar-refractivity contribution >= 4 is 28.6 Å². The van der Waals surface area contributed by atoms with Crippen LogP contribution in [-0.4, -0.2) is 28.4 Å². The highest BCUT2D eigenvalue weighted by Crippen LogP contribution is 2.37. The Morgan fingerprint density at radius 3 is 2.57 bits per heavy atom. The molecule has 0 radical (unpaired) electrons. The van der Waals surface area contributed by atoms with Crippen molar-refractivity contribution in [2.24, 2.45) is 5.92 Å². The van der Waals surface area contributed by atoms with Crippen molar-refractivity contribution in [2.45, 2.75) is 12.3 Å². The highest BCUT2D eigenvalue weighted by Gasteiger charge is 2.29. The van der Waals surface area contributed by atoms with Crippen molar-refractivity contribution in [3.8, 4) is 17.2 Å². The minimum atomic E-state index is -0.112. The fourth-order valence-electron chi connectivity index (χ4n) is 3.12. The van der Waals surface area contributed by atoms with Gasteiger partial charge in [-0.25, -0.2) is 0 Å². The summed E-state index contributed by atoms with van der Waals surface area (Å²) in [5.41, 5.74) is 1.81. The van der Waals surface area contributed by atoms with E-state index < -0.39 is 0 Å². The summed E-state index contributed by atoms with van der Waals surface area (Å²) in [6.45, 7) is 1.63. The first-order valence-electron chi connectivity index (χ1n) is 7.25. The number of rotatable bonds is 3. The molecule has 1 aliphatic heterocycles. The fourth-order valence-corrected chi connectivity index (χ4v) is 3.31. The van der Waals surface area contributed by atoms with Crippen molar-refractivity contribution in [3.05, 3.63) is 52.5 Å². The third kappa shape index (κ3) is 3.74. The standard InChI is InChI=1S/C17H18ClNO3.BrH/c18-14-3-1-2-11(17(14)22)6-12-8-19-9-13(12)10-4-5-15(20)16(21)7-10;/h1-5,7,12-13,19-22H,6,8-9H2;1H/t12-,13+;/m0./s1. The Hall–Kier alpha value is -1.43. The summed E-state index contributed by atoms with van der Waals surface area (Å²) in [6, 6.07) is 10.3. The molecule has 0 aliphatic carbocycles. The van der Waals surface area contributed by atoms with Crippen molar-refractivity contribution < 1.29 is 15.3 Å². The van der Waals surface area contributed by atoms with Crippen molar-refractivity contribution in [1.29, 1.82) is 0 Å². The first-order chi connectivity index (χ1) is 10.6. The summed E-state index contributed by atoms with van der Waals surface area (Å²) >= 11 is 5.96. The molecule has 0 unspecified atom stereocenters. The zero-order chi connectivity index (χ0) is 15.7. The van der Waals surface area contributed by atoms with Crippen molar-refractivity contribution in [1.82, 2.24) is 5.32 Å². The van der Waals surface area contributed by atoms with Crippen LogP contribution in [0.3, 0.4) is 0 Å². The number of halogens is 2. The molecule has 3 rings (SSSR count). The predicted molar refractivity (Wildman–Crippen MR) is 96.0 cm³/mol. The van der Waals surface area contributed by atoms with E-state index in [0.717, 1.165) is 24.2 Å². The van der Waals surface area contributed by atoms with E-state index in [-0.39, 0.29) is 46.1 Å². The second-order valence-electron chi connectivity index (χ2n) is 5.72. The largest absolute Gasteiger partial charge is 0.506 e. The van der Waals surface area contributed by atoms with E-state index in [1.807, 2.05) is 18.2 Å². The second kappa shape index (κ2) is 7.43. The molecule has 23 heavy (non-hydrogen) atoms. The summed E-state index contributed by atoms with van der Waals surface area (Å²) in [6.07, 6.45) is 0.700. The lowest BCUT2D eigenvalue weighted by Gasteiger charge is -2.20. The quantitative estimate of drug-likeness (QED) is 0.594. The number of para-hydroxylation sites is 1. The topological polar surface area (TPSA) is 72.7 Å². The van der Waals surface area contributed by atoms with E-state index in [2.05, 4.69) is 5.32 Å². The third-order valence-electron chi connectivity index (χ3n) is 4.32. The van der Waals surface area contributed by atoms with Gasteiger partial charge in [-0.1, -0.05) is 29.8 Å². The number of benzene rings is 2. The number of phenols is 3. The van der Waals surface area contributed by atoms with Crippen LogP contribution in [0.2, 0.25) is 5.02 Å². The highest BCUT2D eigenvalue weighted by molar-refractivity contribution is 8.93. The number of hydrogen-bond donors (Lipinski definition) is 4. The molecule has 0 bridgehead atoms. The lowest BCUT2D eigenvalue weighted by molar-refractivity contribution is 0.401. The minimum absolute atomic E-state index is 0. The van der Waals surface area contributed by atoms with Gasteiger partial charge in [-0.2, -0.15) is 0 Å². The first-order valence-corrected chi connectivity index (χ1v) is 7.63. The molecule has 6 heteroatoms. The van der Waals surface area contributed by atoms with Crippen molar-refractivity contribution in [2.75, 3.05) is 13.1 Å². The Morgan fingerprint density at radius 1 is 1.04 bits per heavy atom. The summed E-state index contributed by atoms with van der Waals surface area (Å²) in [7, 11) is 0. The van der Waals surface area contributed by atoms with Crippen LogP contribution in [0.25, 0.3) is 0 Å². The normalized spacial score (nSPS) is 20.2. The monoisotopic (exact) mass is 399 g/mol. The second-order valence-corrected chi connectivity index (χ2v) is 6.13. The van der Waals surface area contributed by atoms with Crippen LogP contribution in [0, 0.1) is 5.92 Å². The van der Waals surface area contributed by atoms with Gasteiger partial charge in [0.1, 0.15) is 5.75 Å². The van der Waals surface area contributed by atoms with Crippen LogP contribution in [0.5, 0.6) is 17.2 Å². The Morgan fingerprint density at radius 2 is 1.83 bits per heavy atom. The lowest BCUT2D eigenvalue weighted by Crippen LogP contribution is -2.14. The zero-order valence-electron chi connectivity index (χ0n) is 12.4. The van der Waals surface area contributed by atoms with E-state index in [1.165, 1.54) is 6.07 Å². The van der Waals surface area contributed by atoms with E-state index in [4.69, 9.17) is 11.6 Å². The fraction of sp³-hybridized carbons (Fsp3) is 0.294. The van der Waals surface area contributed by atoms with Gasteiger partial charge in [0.15, 0.2) is 11.5 Å². The Kier molecular flexibility index (Phi) is 5.79. The summed E-state index contributed by atoms with van der Waals surface area (Å²) in [5.74, 6) is 0.425. The molecule has 4 N–H and O–H groups in total. The van der Waals surface area contributed by atoms with Crippen LogP contribution in [-0.2, 0) is 6.42 Å². The first kappa shape index (κ1) is 17.9. The van der Waals surface area contributed by atoms with Crippen LogP contribution in [0.1, 0.15) is 17.0 Å². The van der Waals surface area contributed by atoms with E-state index >= 15 is 0 Å². The van der Waals surface area contributed by atoms with E-state index in [1.54, 1.807) is 12.1 Å². The van der Waals surface area contributed by atoms with Crippen molar-refractivity contribution in [3.63, 3.8) is 0 Å². The maximum Gasteiger partial charge on any atom is 0.157 e. The van der Waals surface area contributed by atoms with Crippen LogP contribution >= 0.6 is 28.6 Å². The number of aromatic hydroxyl groups is 3. The Labute approximate surface area is 150 Å². The molecule has 0 amide bonds. The van der Waals surface area contributed by atoms with Gasteiger partial charge in [-0.15, -0.1) is 17.0 Å². The van der Waals surface area contributed by atoms with Gasteiger partial charge >= 0.3 is 0 Å². The van der Waals surface area contributed by atoms with Gasteiger partial charge in [-0.3, -0.25) is 0 Å². The molecule has 1 aliphatic rings. The van der Waals surface area contributed by atoms with Gasteiger partial charge in [0.25, 0.3) is 0 Å². The highest BCUT2D eigenvalue weighted by atomic mass is 79.9. The maximum atomic E-state index is 10.1. The maximum absolute atomic E-state index is 10.1. The van der Waals surface area contributed by atoms with Crippen LogP contribution in [0.4, 0.5) is 0 Å². The Bertz CT molecular complexity index is 696. The molecule has 124 valence electrons. The average Bonchev–Trinajstić information content (AvgIpc) is 2.95. The molecular weight excluding hydrogens is 382 g/mol. The van der Waals surface area contributed by atoms with Gasteiger partial charge in [0.2, 0.25) is 0 Å². The number of nitrogens with one attached hydrogen (secondary N) is 1. The SMILES string of the molecule is Br.Oc1ccc([C@H]2CNC[C@@H]2Cc2cccc(Cl)c2O)cc1O. The minimum Gasteiger partial charge on any atom is -0.506 e. The predicted octanol–water partition coefficient (Wildman–Crippen LogP) is 3.58. The van der Waals surface area contributed by atoms with Gasteiger partial charge in [-0.05, 0) is 48.2 Å². The molecule has 2 aromatic carbocycles. The molecule has 1 fully saturated rings. The molecule has 0 saturated carbocycles. The third-order valence-corrected chi connectivity index (χ3v) is 4.62. The molecule has 2 aromatic rings. The molecule has 1 saturated heterocycles. The molecule has 2 atom stereocenters. The van der Waals surface area contributed by atoms with E-state index in [9.17, 15) is 15.3 Å². The number of hydrogen-bond acceptors (Lipinski definition) is 4. The molecule has 0 spiro atoms. The number of phenolic OH excluding ortho intramolecular Hbond substituents is 3. The molecule has 0 aromatic heterocycles. The summed E-state index contributed by atoms with van der Waals surface area (Å²) in [5, 5.41) is 32.9. The van der Waals surface area contributed by atoms with Crippen LogP contribution < -0.4 is 5.32 Å². The van der Waals surface area contributed by atoms with Gasteiger partial charge < -0.3 is 20.6 Å². The summed E-state index contributed by atoms with van der Waals surface area (Å²) < 4.78 is 0. The lowest BCUT2D eigenvalue weighted by atomic mass is 9.84. The smallest absolute Gasteiger partial charge is 0.157 e. The molecule has 1 heterocycles. The zero-order valence-corrected chi connectivity index (χ0v) is 14.8. The Balaban J connectivity index is 0.00000192. The van der Waals surface area contributed by atoms with Gasteiger partial charge in [0, 0.05) is 12.5 Å². The summed E-state index contributed by atoms with van der Waals surface area (Å²) in [4.78, 5) is 0. The van der Waals surface area contributed by atoms with E-state index in [0.29, 0.717) is 11.4 Å². The van der Waals surface area contributed by atoms with Crippen LogP contribution in [0.15, 0.2) is 36.4 Å².